The number of halogens is 1. The first kappa shape index (κ1) is 20.7. The average molecular weight is 388 g/mol. The smallest absolute Gasteiger partial charge is 0.123 e. The molecule has 5 nitrogen and oxygen atoms in total. The van der Waals surface area contributed by atoms with Gasteiger partial charge in [-0.2, -0.15) is 0 Å². The summed E-state index contributed by atoms with van der Waals surface area (Å²) >= 11 is 0. The van der Waals surface area contributed by atoms with Gasteiger partial charge < -0.3 is 14.6 Å². The molecular weight excluding hydrogens is 359 g/mol. The Morgan fingerprint density at radius 3 is 2.50 bits per heavy atom. The van der Waals surface area contributed by atoms with Crippen LogP contribution in [-0.2, 0) is 11.3 Å². The van der Waals surface area contributed by atoms with Gasteiger partial charge in [-0.25, -0.2) is 4.39 Å². The van der Waals surface area contributed by atoms with Crippen molar-refractivity contribution in [2.45, 2.75) is 12.6 Å². The lowest BCUT2D eigenvalue weighted by molar-refractivity contribution is 0.0256. The van der Waals surface area contributed by atoms with E-state index in [2.05, 4.69) is 9.80 Å². The molecule has 152 valence electrons. The van der Waals surface area contributed by atoms with Gasteiger partial charge in [0, 0.05) is 39.3 Å². The Balaban J connectivity index is 1.53. The molecule has 0 aromatic heterocycles. The van der Waals surface area contributed by atoms with E-state index in [4.69, 9.17) is 9.47 Å². The molecule has 2 aromatic carbocycles. The van der Waals surface area contributed by atoms with Crippen molar-refractivity contribution in [2.24, 2.45) is 0 Å². The molecule has 0 bridgehead atoms. The lowest BCUT2D eigenvalue weighted by atomic mass is 10.2. The number of hydrogen-bond donors (Lipinski definition) is 1. The Morgan fingerprint density at radius 1 is 1.07 bits per heavy atom. The molecule has 0 unspecified atom stereocenters. The normalized spacial score (nSPS) is 16.2. The fraction of sp³-hybridized carbons (Fsp3) is 0.455. The van der Waals surface area contributed by atoms with Crippen molar-refractivity contribution >= 4 is 0 Å². The number of benzene rings is 2. The molecule has 1 fully saturated rings. The van der Waals surface area contributed by atoms with E-state index in [1.165, 1.54) is 12.1 Å². The van der Waals surface area contributed by atoms with Gasteiger partial charge in [0.25, 0.3) is 0 Å². The number of hydrogen-bond acceptors (Lipinski definition) is 5. The third-order valence-electron chi connectivity index (χ3n) is 4.81. The molecule has 6 heteroatoms. The highest BCUT2D eigenvalue weighted by atomic mass is 19.1. The van der Waals surface area contributed by atoms with Crippen molar-refractivity contribution < 1.29 is 19.0 Å². The summed E-state index contributed by atoms with van der Waals surface area (Å²) in [6, 6.07) is 16.0. The molecule has 0 saturated carbocycles. The Bertz CT molecular complexity index is 678. The van der Waals surface area contributed by atoms with Crippen molar-refractivity contribution in [1.82, 2.24) is 9.80 Å². The van der Waals surface area contributed by atoms with Gasteiger partial charge in [-0.05, 0) is 29.8 Å². The zero-order valence-electron chi connectivity index (χ0n) is 16.2. The van der Waals surface area contributed by atoms with Gasteiger partial charge in [-0.15, -0.1) is 0 Å². The molecule has 0 aliphatic carbocycles. The van der Waals surface area contributed by atoms with Crippen LogP contribution in [0.2, 0.25) is 0 Å². The summed E-state index contributed by atoms with van der Waals surface area (Å²) in [5, 5.41) is 10.5. The summed E-state index contributed by atoms with van der Waals surface area (Å²) in [4.78, 5) is 4.57. The fourth-order valence-electron chi connectivity index (χ4n) is 3.25. The molecule has 1 aliphatic rings. The molecule has 0 radical (unpaired) electrons. The summed E-state index contributed by atoms with van der Waals surface area (Å²) in [6.45, 7) is 6.53. The SMILES string of the molecule is O[C@H](COc1ccccc1)CN(CCN1CCOCC1)Cc1ccc(F)cc1. The quantitative estimate of drug-likeness (QED) is 0.677. The van der Waals surface area contributed by atoms with Gasteiger partial charge in [0.2, 0.25) is 0 Å². The maximum absolute atomic E-state index is 13.2. The second-order valence-corrected chi connectivity index (χ2v) is 7.09. The van der Waals surface area contributed by atoms with Gasteiger partial charge in [-0.3, -0.25) is 9.80 Å². The van der Waals surface area contributed by atoms with Crippen molar-refractivity contribution in [3.8, 4) is 5.75 Å². The van der Waals surface area contributed by atoms with E-state index < -0.39 is 6.10 Å². The predicted octanol–water partition coefficient (Wildman–Crippen LogP) is 2.40. The lowest BCUT2D eigenvalue weighted by Crippen LogP contribution is -2.43. The fourth-order valence-corrected chi connectivity index (χ4v) is 3.25. The van der Waals surface area contributed by atoms with Crippen LogP contribution in [0.25, 0.3) is 0 Å². The molecule has 1 atom stereocenters. The van der Waals surface area contributed by atoms with Crippen LogP contribution in [0.5, 0.6) is 5.75 Å². The maximum Gasteiger partial charge on any atom is 0.123 e. The second kappa shape index (κ2) is 11.1. The summed E-state index contributed by atoms with van der Waals surface area (Å²) in [5.74, 6) is 0.514. The van der Waals surface area contributed by atoms with E-state index in [1.54, 1.807) is 12.1 Å². The van der Waals surface area contributed by atoms with Crippen molar-refractivity contribution in [1.29, 1.82) is 0 Å². The topological polar surface area (TPSA) is 45.2 Å². The number of para-hydroxylation sites is 1. The minimum Gasteiger partial charge on any atom is -0.491 e. The molecule has 1 saturated heterocycles. The molecule has 1 N–H and O–H groups in total. The molecule has 28 heavy (non-hydrogen) atoms. The van der Waals surface area contributed by atoms with E-state index >= 15 is 0 Å². The van der Waals surface area contributed by atoms with Gasteiger partial charge >= 0.3 is 0 Å². The number of aliphatic hydroxyl groups excluding tert-OH is 1. The van der Waals surface area contributed by atoms with E-state index in [1.807, 2.05) is 30.3 Å². The van der Waals surface area contributed by atoms with E-state index in [0.717, 1.165) is 50.7 Å². The zero-order chi connectivity index (χ0) is 19.6. The van der Waals surface area contributed by atoms with Crippen LogP contribution in [0.4, 0.5) is 4.39 Å². The monoisotopic (exact) mass is 388 g/mol. The average Bonchev–Trinajstić information content (AvgIpc) is 2.74. The highest BCUT2D eigenvalue weighted by Gasteiger charge is 2.16. The van der Waals surface area contributed by atoms with E-state index in [9.17, 15) is 9.50 Å². The predicted molar refractivity (Wildman–Crippen MR) is 107 cm³/mol. The van der Waals surface area contributed by atoms with Crippen LogP contribution in [0.1, 0.15) is 5.56 Å². The van der Waals surface area contributed by atoms with Gasteiger partial charge in [0.1, 0.15) is 24.3 Å². The summed E-state index contributed by atoms with van der Waals surface area (Å²) in [5.41, 5.74) is 1.03. The largest absolute Gasteiger partial charge is 0.491 e. The Morgan fingerprint density at radius 2 is 1.79 bits per heavy atom. The first-order valence-corrected chi connectivity index (χ1v) is 9.82. The molecule has 2 aromatic rings. The van der Waals surface area contributed by atoms with E-state index in [-0.39, 0.29) is 12.4 Å². The van der Waals surface area contributed by atoms with Gasteiger partial charge in [0.15, 0.2) is 0 Å². The van der Waals surface area contributed by atoms with Crippen LogP contribution in [0.15, 0.2) is 54.6 Å². The third-order valence-corrected chi connectivity index (χ3v) is 4.81. The standard InChI is InChI=1S/C22H29FN2O3/c23-20-8-6-19(7-9-20)16-25(11-10-24-12-14-27-15-13-24)17-21(26)18-28-22-4-2-1-3-5-22/h1-9,21,26H,10-18H2/t21-/m0/s1. The number of aliphatic hydroxyl groups is 1. The number of ether oxygens (including phenoxy) is 2. The molecule has 1 heterocycles. The van der Waals surface area contributed by atoms with Crippen molar-refractivity contribution in [3.05, 3.63) is 66.0 Å². The van der Waals surface area contributed by atoms with Crippen molar-refractivity contribution in [2.75, 3.05) is 52.5 Å². The van der Waals surface area contributed by atoms with Crippen LogP contribution < -0.4 is 4.74 Å². The summed E-state index contributed by atoms with van der Waals surface area (Å²) in [6.07, 6.45) is -0.606. The van der Waals surface area contributed by atoms with Gasteiger partial charge in [0.05, 0.1) is 13.2 Å². The first-order chi connectivity index (χ1) is 13.7. The Kier molecular flexibility index (Phi) is 8.23. The third kappa shape index (κ3) is 7.20. The highest BCUT2D eigenvalue weighted by molar-refractivity contribution is 5.21. The Labute approximate surface area is 166 Å². The molecule has 1 aliphatic heterocycles. The molecular formula is C22H29FN2O3. The summed E-state index contributed by atoms with van der Waals surface area (Å²) in [7, 11) is 0. The second-order valence-electron chi connectivity index (χ2n) is 7.09. The summed E-state index contributed by atoms with van der Waals surface area (Å²) < 4.78 is 24.3. The zero-order valence-corrected chi connectivity index (χ0v) is 16.2. The van der Waals surface area contributed by atoms with Crippen LogP contribution in [-0.4, -0.2) is 73.6 Å². The van der Waals surface area contributed by atoms with E-state index in [0.29, 0.717) is 13.1 Å². The minimum absolute atomic E-state index is 0.236. The molecule has 3 rings (SSSR count). The highest BCUT2D eigenvalue weighted by Crippen LogP contribution is 2.11. The maximum atomic E-state index is 13.2. The number of rotatable bonds is 10. The van der Waals surface area contributed by atoms with Crippen LogP contribution in [0, 0.1) is 5.82 Å². The first-order valence-electron chi connectivity index (χ1n) is 9.82. The minimum atomic E-state index is -0.606. The van der Waals surface area contributed by atoms with Crippen molar-refractivity contribution in [3.63, 3.8) is 0 Å². The molecule has 0 amide bonds. The van der Waals surface area contributed by atoms with Crippen LogP contribution in [0.3, 0.4) is 0 Å². The van der Waals surface area contributed by atoms with Gasteiger partial charge in [-0.1, -0.05) is 30.3 Å². The van der Waals surface area contributed by atoms with Crippen LogP contribution >= 0.6 is 0 Å². The lowest BCUT2D eigenvalue weighted by Gasteiger charge is -2.31. The number of nitrogens with zero attached hydrogens (tertiary/aromatic N) is 2. The number of morpholine rings is 1. The molecule has 0 spiro atoms. The Hall–Kier alpha value is -1.99.